The fraction of sp³-hybridized carbons (Fsp3) is 0.300. The quantitative estimate of drug-likeness (QED) is 0.101. The second-order valence-electron chi connectivity index (χ2n) is 11.5. The van der Waals surface area contributed by atoms with Crippen molar-refractivity contribution in [2.75, 3.05) is 0 Å². The Labute approximate surface area is 252 Å². The van der Waals surface area contributed by atoms with Crippen molar-refractivity contribution in [3.05, 3.63) is 119 Å². The van der Waals surface area contributed by atoms with E-state index < -0.39 is 0 Å². The minimum absolute atomic E-state index is 0.963. The fourth-order valence-electron chi connectivity index (χ4n) is 5.47. The van der Waals surface area contributed by atoms with Gasteiger partial charge in [0.05, 0.1) is 11.4 Å². The summed E-state index contributed by atoms with van der Waals surface area (Å²) < 4.78 is 0. The van der Waals surface area contributed by atoms with Crippen LogP contribution in [0.2, 0.25) is 0 Å². The van der Waals surface area contributed by atoms with Crippen LogP contribution in [0.25, 0.3) is 45.8 Å². The molecule has 0 saturated carbocycles. The van der Waals surface area contributed by atoms with Gasteiger partial charge in [-0.05, 0) is 95.1 Å². The smallest absolute Gasteiger partial charge is 0.0636 e. The average molecular weight is 553 g/mol. The maximum Gasteiger partial charge on any atom is 0.0636 e. The molecule has 2 aromatic heterocycles. The van der Waals surface area contributed by atoms with E-state index in [0.717, 1.165) is 22.2 Å². The van der Waals surface area contributed by atoms with Gasteiger partial charge in [-0.15, -0.1) is 0 Å². The van der Waals surface area contributed by atoms with Crippen LogP contribution in [0.4, 0.5) is 0 Å². The maximum atomic E-state index is 4.72. The molecule has 42 heavy (non-hydrogen) atoms. The lowest BCUT2D eigenvalue weighted by Gasteiger charge is -2.05. The molecule has 0 amide bonds. The number of nitrogens with zero attached hydrogens (tertiary/aromatic N) is 2. The van der Waals surface area contributed by atoms with Gasteiger partial charge in [0.25, 0.3) is 0 Å². The number of hydrogen-bond acceptors (Lipinski definition) is 2. The Morgan fingerprint density at radius 1 is 0.452 bits per heavy atom. The number of aromatic nitrogens is 2. The molecular formula is C40H44N2. The topological polar surface area (TPSA) is 25.8 Å². The molecule has 5 aromatic rings. The summed E-state index contributed by atoms with van der Waals surface area (Å²) in [5.41, 5.74) is 7.18. The summed E-state index contributed by atoms with van der Waals surface area (Å²) in [5.74, 6) is 0. The first-order valence-corrected chi connectivity index (χ1v) is 15.9. The summed E-state index contributed by atoms with van der Waals surface area (Å²) in [5, 5.41) is 4.64. The van der Waals surface area contributed by atoms with Crippen molar-refractivity contribution < 1.29 is 0 Å². The molecule has 0 unspecified atom stereocenters. The van der Waals surface area contributed by atoms with Crippen LogP contribution in [0.5, 0.6) is 0 Å². The van der Waals surface area contributed by atoms with Crippen LogP contribution in [0.3, 0.4) is 0 Å². The van der Waals surface area contributed by atoms with Gasteiger partial charge >= 0.3 is 0 Å². The minimum Gasteiger partial charge on any atom is -0.256 e. The second kappa shape index (κ2) is 15.3. The van der Waals surface area contributed by atoms with Gasteiger partial charge in [-0.1, -0.05) is 113 Å². The SMILES string of the molecule is CCCCCCc1ccc(/C=C/c2cc3cc4cnc(/C=C/c5ccc(CCCCCC)cc5)cc4cc3cn2)cc1. The number of fused-ring (bicyclic) bond motifs is 2. The van der Waals surface area contributed by atoms with E-state index in [2.05, 4.69) is 111 Å². The number of aryl methyl sites for hydroxylation is 2. The van der Waals surface area contributed by atoms with E-state index in [4.69, 9.17) is 9.97 Å². The van der Waals surface area contributed by atoms with Crippen molar-refractivity contribution in [2.45, 2.75) is 78.1 Å². The van der Waals surface area contributed by atoms with Gasteiger partial charge in [0.15, 0.2) is 0 Å². The van der Waals surface area contributed by atoms with Gasteiger partial charge < -0.3 is 0 Å². The lowest BCUT2D eigenvalue weighted by Crippen LogP contribution is -1.87. The summed E-state index contributed by atoms with van der Waals surface area (Å²) in [6.07, 6.45) is 25.2. The first kappa shape index (κ1) is 29.5. The largest absolute Gasteiger partial charge is 0.256 e. The predicted octanol–water partition coefficient (Wildman–Crippen LogP) is 11.4. The molecular weight excluding hydrogens is 508 g/mol. The van der Waals surface area contributed by atoms with Crippen molar-refractivity contribution >= 4 is 45.8 Å². The molecule has 0 aliphatic heterocycles. The number of hydrogen-bond donors (Lipinski definition) is 0. The molecule has 0 N–H and O–H groups in total. The van der Waals surface area contributed by atoms with Crippen molar-refractivity contribution in [2.24, 2.45) is 0 Å². The molecule has 0 bridgehead atoms. The Morgan fingerprint density at radius 2 is 0.881 bits per heavy atom. The predicted molar refractivity (Wildman–Crippen MR) is 183 cm³/mol. The highest BCUT2D eigenvalue weighted by Crippen LogP contribution is 2.24. The molecule has 0 aliphatic rings. The average Bonchev–Trinajstić information content (AvgIpc) is 3.03. The summed E-state index contributed by atoms with van der Waals surface area (Å²) in [7, 11) is 0. The first-order chi connectivity index (χ1) is 20.7. The molecule has 0 fully saturated rings. The van der Waals surface area contributed by atoms with Crippen LogP contribution in [0.1, 0.15) is 98.9 Å². The Kier molecular flexibility index (Phi) is 10.7. The van der Waals surface area contributed by atoms with E-state index in [-0.39, 0.29) is 0 Å². The van der Waals surface area contributed by atoms with Gasteiger partial charge in [-0.2, -0.15) is 0 Å². The van der Waals surface area contributed by atoms with Gasteiger partial charge in [-0.25, -0.2) is 0 Å². The molecule has 0 atom stereocenters. The van der Waals surface area contributed by atoms with Crippen LogP contribution in [-0.2, 0) is 12.8 Å². The third-order valence-corrected chi connectivity index (χ3v) is 8.09. The van der Waals surface area contributed by atoms with E-state index >= 15 is 0 Å². The number of pyridine rings is 2. The molecule has 0 spiro atoms. The van der Waals surface area contributed by atoms with E-state index in [0.29, 0.717) is 0 Å². The van der Waals surface area contributed by atoms with Gasteiger partial charge in [0.2, 0.25) is 0 Å². The molecule has 0 saturated heterocycles. The van der Waals surface area contributed by atoms with E-state index in [1.807, 2.05) is 12.4 Å². The van der Waals surface area contributed by atoms with Gasteiger partial charge in [-0.3, -0.25) is 9.97 Å². The summed E-state index contributed by atoms with van der Waals surface area (Å²) in [4.78, 5) is 9.44. The third-order valence-electron chi connectivity index (χ3n) is 8.09. The standard InChI is InChI=1S/C40H44N2/c1-3-5-7-9-11-31-13-17-33(18-14-31)21-23-39-27-35-25-38-30-42-40(28-36(38)26-37(35)29-41-39)24-22-34-19-15-32(16-20-34)12-10-8-6-4-2/h13-30H,3-12H2,1-2H3/b23-21+,24-22+. The highest BCUT2D eigenvalue weighted by Gasteiger charge is 2.03. The molecule has 0 radical (unpaired) electrons. The number of unbranched alkanes of at least 4 members (excludes halogenated alkanes) is 6. The highest BCUT2D eigenvalue weighted by atomic mass is 14.7. The van der Waals surface area contributed by atoms with Crippen LogP contribution in [0.15, 0.2) is 85.2 Å². The van der Waals surface area contributed by atoms with E-state index in [1.54, 1.807) is 0 Å². The third kappa shape index (κ3) is 8.49. The monoisotopic (exact) mass is 552 g/mol. The summed E-state index contributed by atoms with van der Waals surface area (Å²) >= 11 is 0. The minimum atomic E-state index is 0.963. The molecule has 2 heteroatoms. The highest BCUT2D eigenvalue weighted by molar-refractivity contribution is 5.98. The Balaban J connectivity index is 1.22. The summed E-state index contributed by atoms with van der Waals surface area (Å²) in [6.45, 7) is 4.52. The molecule has 2 nitrogen and oxygen atoms in total. The van der Waals surface area contributed by atoms with Crippen LogP contribution in [-0.4, -0.2) is 9.97 Å². The maximum absolute atomic E-state index is 4.72. The van der Waals surface area contributed by atoms with Crippen molar-refractivity contribution in [3.63, 3.8) is 0 Å². The van der Waals surface area contributed by atoms with Gasteiger partial charge in [0, 0.05) is 23.2 Å². The first-order valence-electron chi connectivity index (χ1n) is 15.9. The number of rotatable bonds is 14. The molecule has 214 valence electrons. The molecule has 5 rings (SSSR count). The zero-order valence-corrected chi connectivity index (χ0v) is 25.4. The Morgan fingerprint density at radius 3 is 1.29 bits per heavy atom. The zero-order valence-electron chi connectivity index (χ0n) is 25.4. The molecule has 0 aliphatic carbocycles. The van der Waals surface area contributed by atoms with Crippen LogP contribution in [0, 0.1) is 0 Å². The zero-order chi connectivity index (χ0) is 29.0. The van der Waals surface area contributed by atoms with Crippen molar-refractivity contribution in [3.8, 4) is 0 Å². The Bertz CT molecular complexity index is 1500. The Hall–Kier alpha value is -4.04. The van der Waals surface area contributed by atoms with E-state index in [1.165, 1.54) is 97.2 Å². The fourth-order valence-corrected chi connectivity index (χ4v) is 5.47. The van der Waals surface area contributed by atoms with Crippen molar-refractivity contribution in [1.29, 1.82) is 0 Å². The lowest BCUT2D eigenvalue weighted by atomic mass is 10.0. The molecule has 2 heterocycles. The molecule has 3 aromatic carbocycles. The normalized spacial score (nSPS) is 11.9. The number of benzene rings is 3. The second-order valence-corrected chi connectivity index (χ2v) is 11.5. The lowest BCUT2D eigenvalue weighted by molar-refractivity contribution is 0.667. The van der Waals surface area contributed by atoms with E-state index in [9.17, 15) is 0 Å². The van der Waals surface area contributed by atoms with Gasteiger partial charge in [0.1, 0.15) is 0 Å². The van der Waals surface area contributed by atoms with Crippen LogP contribution >= 0.6 is 0 Å². The van der Waals surface area contributed by atoms with Crippen LogP contribution < -0.4 is 0 Å². The summed E-state index contributed by atoms with van der Waals surface area (Å²) in [6, 6.07) is 26.6. The van der Waals surface area contributed by atoms with Crippen molar-refractivity contribution in [1.82, 2.24) is 9.97 Å².